The molecular weight excluding hydrogens is 675 g/mol. The normalized spacial score (nSPS) is 19.9. The van der Waals surface area contributed by atoms with Crippen LogP contribution in [0.2, 0.25) is 5.02 Å². The molecule has 8 nitrogen and oxygen atoms in total. The number of amides is 3. The molecule has 0 unspecified atom stereocenters. The van der Waals surface area contributed by atoms with E-state index in [4.69, 9.17) is 21.3 Å². The Bertz CT molecular complexity index is 1760. The van der Waals surface area contributed by atoms with Crippen LogP contribution in [0.5, 0.6) is 0 Å². The zero-order valence-electron chi connectivity index (χ0n) is 25.7. The maximum absolute atomic E-state index is 15.1. The fraction of sp³-hybridized carbons (Fsp3) is 0.371. The highest BCUT2D eigenvalue weighted by Gasteiger charge is 2.32. The summed E-state index contributed by atoms with van der Waals surface area (Å²) in [7, 11) is 1.30. The average Bonchev–Trinajstić information content (AvgIpc) is 3.04. The number of carbonyl (C=O) groups excluding carboxylic acids is 3. The summed E-state index contributed by atoms with van der Waals surface area (Å²) in [6.07, 6.45) is 7.01. The Balaban J connectivity index is 1.45. The van der Waals surface area contributed by atoms with Crippen molar-refractivity contribution in [2.75, 3.05) is 24.3 Å². The Hall–Kier alpha value is -3.76. The number of rotatable bonds is 3. The smallest absolute Gasteiger partial charge is 0.411 e. The lowest BCUT2D eigenvalue weighted by Gasteiger charge is -2.35. The van der Waals surface area contributed by atoms with Crippen LogP contribution >= 0.6 is 27.5 Å². The van der Waals surface area contributed by atoms with Gasteiger partial charge in [-0.3, -0.25) is 19.9 Å². The van der Waals surface area contributed by atoms with Gasteiger partial charge in [0.15, 0.2) is 0 Å². The minimum Gasteiger partial charge on any atom is -0.453 e. The first-order valence-corrected chi connectivity index (χ1v) is 16.8. The molecular formula is C35H35BrClFN4O4. The van der Waals surface area contributed by atoms with Crippen LogP contribution in [0, 0.1) is 11.7 Å². The second-order valence-corrected chi connectivity index (χ2v) is 13.4. The van der Waals surface area contributed by atoms with Crippen molar-refractivity contribution in [3.8, 4) is 11.1 Å². The molecule has 6 rings (SSSR count). The highest BCUT2D eigenvalue weighted by atomic mass is 79.9. The Morgan fingerprint density at radius 3 is 2.67 bits per heavy atom. The summed E-state index contributed by atoms with van der Waals surface area (Å²) in [5, 5.41) is 5.82. The molecule has 0 saturated heterocycles. The van der Waals surface area contributed by atoms with Gasteiger partial charge in [-0.05, 0) is 92.0 Å². The van der Waals surface area contributed by atoms with E-state index in [0.29, 0.717) is 59.2 Å². The molecule has 3 heterocycles. The van der Waals surface area contributed by atoms with Gasteiger partial charge in [0.2, 0.25) is 11.8 Å². The number of pyridine rings is 1. The summed E-state index contributed by atoms with van der Waals surface area (Å²) in [5.74, 6) is -1.17. The lowest BCUT2D eigenvalue weighted by molar-refractivity contribution is -0.129. The third-order valence-electron chi connectivity index (χ3n) is 9.17. The first kappa shape index (κ1) is 32.2. The van der Waals surface area contributed by atoms with Crippen LogP contribution in [0.15, 0.2) is 46.9 Å². The van der Waals surface area contributed by atoms with Gasteiger partial charge in [0.05, 0.1) is 29.6 Å². The highest BCUT2D eigenvalue weighted by molar-refractivity contribution is 9.10. The van der Waals surface area contributed by atoms with Gasteiger partial charge in [0.1, 0.15) is 5.82 Å². The molecule has 3 aromatic rings. The fourth-order valence-electron chi connectivity index (χ4n) is 6.72. The molecule has 0 radical (unpaired) electrons. The zero-order valence-corrected chi connectivity index (χ0v) is 28.1. The van der Waals surface area contributed by atoms with Gasteiger partial charge in [0, 0.05) is 45.5 Å². The number of nitrogens with zero attached hydrogens (tertiary/aromatic N) is 2. The summed E-state index contributed by atoms with van der Waals surface area (Å²) in [6.45, 7) is 2.28. The number of hydrogen-bond donors (Lipinski definition) is 2. The van der Waals surface area contributed by atoms with Gasteiger partial charge in [-0.1, -0.05) is 46.9 Å². The molecule has 2 aromatic carbocycles. The number of halogens is 3. The van der Waals surface area contributed by atoms with Crippen LogP contribution in [0.25, 0.3) is 16.7 Å². The third-order valence-corrected chi connectivity index (χ3v) is 10.1. The van der Waals surface area contributed by atoms with Gasteiger partial charge < -0.3 is 15.0 Å². The lowest BCUT2D eigenvalue weighted by atomic mass is 9.86. The van der Waals surface area contributed by atoms with E-state index in [-0.39, 0.29) is 28.8 Å². The highest BCUT2D eigenvalue weighted by Crippen LogP contribution is 2.42. The van der Waals surface area contributed by atoms with E-state index < -0.39 is 11.9 Å². The lowest BCUT2D eigenvalue weighted by Crippen LogP contribution is -2.38. The van der Waals surface area contributed by atoms with Crippen molar-refractivity contribution in [3.63, 3.8) is 0 Å². The maximum atomic E-state index is 15.1. The van der Waals surface area contributed by atoms with Crippen LogP contribution in [0.1, 0.15) is 74.0 Å². The molecule has 1 aliphatic carbocycles. The summed E-state index contributed by atoms with van der Waals surface area (Å²) < 4.78 is 20.4. The average molecular weight is 710 g/mol. The Morgan fingerprint density at radius 2 is 1.89 bits per heavy atom. The van der Waals surface area contributed by atoms with E-state index in [9.17, 15) is 14.4 Å². The molecule has 11 heteroatoms. The van der Waals surface area contributed by atoms with Gasteiger partial charge in [-0.25, -0.2) is 9.18 Å². The first-order chi connectivity index (χ1) is 22.1. The number of nitrogens with one attached hydrogen (secondary N) is 2. The molecule has 46 heavy (non-hydrogen) atoms. The number of aromatic nitrogens is 1. The third kappa shape index (κ3) is 6.42. The molecule has 1 aromatic heterocycles. The molecule has 2 bridgehead atoms. The number of fused-ring (bicyclic) bond motifs is 6. The molecule has 2 N–H and O–H groups in total. The van der Waals surface area contributed by atoms with Gasteiger partial charge >= 0.3 is 6.09 Å². The quantitative estimate of drug-likeness (QED) is 0.266. The minimum absolute atomic E-state index is 0.00530. The Kier molecular flexibility index (Phi) is 9.47. The zero-order chi connectivity index (χ0) is 32.5. The van der Waals surface area contributed by atoms with E-state index in [0.717, 1.165) is 53.8 Å². The number of ether oxygens (including phenoxy) is 1. The van der Waals surface area contributed by atoms with Crippen molar-refractivity contribution in [3.05, 3.63) is 80.3 Å². The molecule has 2 atom stereocenters. The first-order valence-electron chi connectivity index (χ1n) is 15.6. The molecule has 240 valence electrons. The van der Waals surface area contributed by atoms with Gasteiger partial charge in [-0.15, -0.1) is 0 Å². The number of hydrogen-bond acceptors (Lipinski definition) is 5. The van der Waals surface area contributed by atoms with Crippen molar-refractivity contribution in [2.24, 2.45) is 5.92 Å². The monoisotopic (exact) mass is 708 g/mol. The number of anilines is 2. The number of carbonyl (C=O) groups is 3. The topological polar surface area (TPSA) is 101 Å². The van der Waals surface area contributed by atoms with E-state index >= 15 is 4.39 Å². The minimum atomic E-state index is -0.604. The summed E-state index contributed by atoms with van der Waals surface area (Å²) in [5.41, 5.74) is 6.72. The van der Waals surface area contributed by atoms with Crippen LogP contribution in [0.3, 0.4) is 0 Å². The molecule has 0 fully saturated rings. The number of benzene rings is 2. The molecule has 0 spiro atoms. The van der Waals surface area contributed by atoms with E-state index in [1.165, 1.54) is 19.3 Å². The Morgan fingerprint density at radius 1 is 1.09 bits per heavy atom. The predicted molar refractivity (Wildman–Crippen MR) is 180 cm³/mol. The van der Waals surface area contributed by atoms with E-state index in [2.05, 4.69) is 32.6 Å². The SMILES string of the molecule is COC(=O)Nc1ccc2c(c1)NC(=O)[C@H](C)CCC[C@H](N1CCC(c3c(Br)ccc(Cl)c3F)=CC1=O)c1cc-2c2c(n1)CCCC2. The van der Waals surface area contributed by atoms with Crippen LogP contribution in [-0.2, 0) is 27.2 Å². The van der Waals surface area contributed by atoms with Gasteiger partial charge in [0.25, 0.3) is 0 Å². The Labute approximate surface area is 280 Å². The van der Waals surface area contributed by atoms with Crippen LogP contribution in [0.4, 0.5) is 20.6 Å². The summed E-state index contributed by atoms with van der Waals surface area (Å²) in [6, 6.07) is 10.4. The van der Waals surface area contributed by atoms with Crippen LogP contribution < -0.4 is 10.6 Å². The van der Waals surface area contributed by atoms with Crippen LogP contribution in [-0.4, -0.2) is 41.4 Å². The molecule has 0 saturated carbocycles. The van der Waals surface area contributed by atoms with Gasteiger partial charge in [-0.2, -0.15) is 0 Å². The number of methoxy groups -OCH3 is 1. The van der Waals surface area contributed by atoms with E-state index in [1.54, 1.807) is 18.2 Å². The van der Waals surface area contributed by atoms with Crippen molar-refractivity contribution in [2.45, 2.75) is 64.3 Å². The maximum Gasteiger partial charge on any atom is 0.411 e. The summed E-state index contributed by atoms with van der Waals surface area (Å²) in [4.78, 5) is 46.3. The second kappa shape index (κ2) is 13.5. The fourth-order valence-corrected chi connectivity index (χ4v) is 7.44. The molecule has 3 aliphatic rings. The number of aryl methyl sites for hydroxylation is 1. The summed E-state index contributed by atoms with van der Waals surface area (Å²) >= 11 is 9.52. The largest absolute Gasteiger partial charge is 0.453 e. The molecule has 3 amide bonds. The molecule has 2 aliphatic heterocycles. The van der Waals surface area contributed by atoms with Crippen molar-refractivity contribution >= 4 is 62.4 Å². The van der Waals surface area contributed by atoms with Crippen molar-refractivity contribution in [1.29, 1.82) is 0 Å². The van der Waals surface area contributed by atoms with Crippen molar-refractivity contribution in [1.82, 2.24) is 9.88 Å². The second-order valence-electron chi connectivity index (χ2n) is 12.1. The predicted octanol–water partition coefficient (Wildman–Crippen LogP) is 8.48. The van der Waals surface area contributed by atoms with Crippen molar-refractivity contribution < 1.29 is 23.5 Å². The standard InChI is InChI=1S/C35H35BrClFN4O4/c1-19-6-5-9-30(42-15-14-20(16-31(42)43)32-25(36)12-13-26(37)33(32)38)29-18-24(22-7-3-4-8-27(22)40-29)23-11-10-21(39-35(45)46-2)17-28(23)41-34(19)44/h10-13,16-19,30H,3-9,14-15H2,1-2H3,(H,39,45)(H,41,44)/t19-,30+/m1/s1. The van der Waals surface area contributed by atoms with E-state index in [1.807, 2.05) is 17.9 Å².